The largest absolute Gasteiger partial charge is 0.311 e. The Balaban J connectivity index is 1.00. The minimum absolute atomic E-state index is 0.966. The Bertz CT molecular complexity index is 3540. The molecule has 0 fully saturated rings. The summed E-state index contributed by atoms with van der Waals surface area (Å²) in [6.07, 6.45) is 1.86. The lowest BCUT2D eigenvalue weighted by atomic mass is 9.98. The number of benzene rings is 9. The summed E-state index contributed by atoms with van der Waals surface area (Å²) >= 11 is 0. The van der Waals surface area contributed by atoms with Crippen molar-refractivity contribution in [3.63, 3.8) is 0 Å². The van der Waals surface area contributed by atoms with Gasteiger partial charge in [0.2, 0.25) is 0 Å². The van der Waals surface area contributed by atoms with Crippen molar-refractivity contribution in [2.24, 2.45) is 0 Å². The first-order valence-corrected chi connectivity index (χ1v) is 21.4. The summed E-state index contributed by atoms with van der Waals surface area (Å²) in [5.41, 5.74) is 17.1. The molecule has 0 aliphatic rings. The molecule has 12 rings (SSSR count). The van der Waals surface area contributed by atoms with Crippen LogP contribution in [-0.4, -0.2) is 14.1 Å². The highest BCUT2D eigenvalue weighted by molar-refractivity contribution is 6.14. The summed E-state index contributed by atoms with van der Waals surface area (Å²) in [5.74, 6) is 0. The molecule has 4 nitrogen and oxygen atoms in total. The highest BCUT2D eigenvalue weighted by Crippen LogP contribution is 2.41. The number of pyridine rings is 1. The van der Waals surface area contributed by atoms with Gasteiger partial charge >= 0.3 is 0 Å². The van der Waals surface area contributed by atoms with Gasteiger partial charge in [0, 0.05) is 61.7 Å². The zero-order chi connectivity index (χ0) is 41.7. The van der Waals surface area contributed by atoms with Crippen molar-refractivity contribution >= 4 is 60.7 Å². The van der Waals surface area contributed by atoms with Crippen LogP contribution in [0.2, 0.25) is 0 Å². The van der Waals surface area contributed by atoms with Crippen LogP contribution in [0.3, 0.4) is 0 Å². The van der Waals surface area contributed by atoms with Crippen molar-refractivity contribution in [2.75, 3.05) is 4.90 Å². The zero-order valence-electron chi connectivity index (χ0n) is 34.4. The zero-order valence-corrected chi connectivity index (χ0v) is 34.4. The van der Waals surface area contributed by atoms with E-state index in [9.17, 15) is 0 Å². The number of rotatable bonds is 8. The lowest BCUT2D eigenvalue weighted by Crippen LogP contribution is -2.09. The predicted molar refractivity (Wildman–Crippen MR) is 264 cm³/mol. The van der Waals surface area contributed by atoms with Crippen LogP contribution in [0.1, 0.15) is 0 Å². The fourth-order valence-electron chi connectivity index (χ4n) is 9.39. The normalized spacial score (nSPS) is 11.5. The summed E-state index contributed by atoms with van der Waals surface area (Å²) < 4.78 is 4.77. The van der Waals surface area contributed by atoms with Crippen LogP contribution < -0.4 is 4.90 Å². The molecular weight excluding hydrogens is 765 g/mol. The molecule has 3 aromatic heterocycles. The van der Waals surface area contributed by atoms with Crippen molar-refractivity contribution < 1.29 is 0 Å². The minimum atomic E-state index is 0.966. The number of hydrogen-bond acceptors (Lipinski definition) is 2. The SMILES string of the molecule is c1ccc(N(c2ccccc2)c2ccc(-c3ccc4c(c3)c3cc(-c5ccc6c(c5)c5cc(-c7ccccn7)ccc5n6-c5ccccc5)ccc3n4-c3ccccc3)cc2)cc1. The van der Waals surface area contributed by atoms with E-state index in [0.717, 1.165) is 39.7 Å². The van der Waals surface area contributed by atoms with Crippen LogP contribution in [0.4, 0.5) is 17.1 Å². The molecule has 0 aliphatic carbocycles. The smallest absolute Gasteiger partial charge is 0.0702 e. The first-order valence-electron chi connectivity index (χ1n) is 21.4. The number of fused-ring (bicyclic) bond motifs is 6. The molecule has 12 aromatic rings. The van der Waals surface area contributed by atoms with Gasteiger partial charge in [-0.05, 0) is 144 Å². The molecule has 0 bridgehead atoms. The molecule has 0 radical (unpaired) electrons. The van der Waals surface area contributed by atoms with E-state index in [-0.39, 0.29) is 0 Å². The van der Waals surface area contributed by atoms with Crippen LogP contribution in [0.25, 0.3) is 88.5 Å². The highest BCUT2D eigenvalue weighted by Gasteiger charge is 2.18. The lowest BCUT2D eigenvalue weighted by Gasteiger charge is -2.25. The molecule has 0 spiro atoms. The van der Waals surface area contributed by atoms with Gasteiger partial charge < -0.3 is 14.0 Å². The molecule has 0 amide bonds. The molecule has 3 heterocycles. The third-order valence-electron chi connectivity index (χ3n) is 12.3. The minimum Gasteiger partial charge on any atom is -0.311 e. The Labute approximate surface area is 365 Å². The first kappa shape index (κ1) is 36.4. The molecule has 0 saturated carbocycles. The Kier molecular flexibility index (Phi) is 8.79. The Morgan fingerprint density at radius 1 is 0.286 bits per heavy atom. The van der Waals surface area contributed by atoms with Gasteiger partial charge in [0.05, 0.1) is 27.8 Å². The van der Waals surface area contributed by atoms with Crippen LogP contribution in [0.15, 0.2) is 243 Å². The topological polar surface area (TPSA) is 26.0 Å². The molecule has 0 atom stereocenters. The summed E-state index contributed by atoms with van der Waals surface area (Å²) in [7, 11) is 0. The number of anilines is 3. The highest BCUT2D eigenvalue weighted by atomic mass is 15.1. The maximum atomic E-state index is 4.69. The van der Waals surface area contributed by atoms with Gasteiger partial charge in [-0.15, -0.1) is 0 Å². The van der Waals surface area contributed by atoms with Crippen molar-refractivity contribution in [3.8, 4) is 44.9 Å². The van der Waals surface area contributed by atoms with E-state index in [1.165, 1.54) is 65.9 Å². The van der Waals surface area contributed by atoms with Crippen molar-refractivity contribution in [3.05, 3.63) is 243 Å². The van der Waals surface area contributed by atoms with Gasteiger partial charge in [-0.2, -0.15) is 0 Å². The molecule has 0 aliphatic heterocycles. The Hall–Kier alpha value is -8.47. The van der Waals surface area contributed by atoms with E-state index >= 15 is 0 Å². The van der Waals surface area contributed by atoms with E-state index in [0.29, 0.717) is 0 Å². The molecule has 4 heteroatoms. The van der Waals surface area contributed by atoms with Gasteiger partial charge in [0.1, 0.15) is 0 Å². The average molecular weight is 805 g/mol. The van der Waals surface area contributed by atoms with E-state index in [2.05, 4.69) is 238 Å². The maximum absolute atomic E-state index is 4.69. The Morgan fingerprint density at radius 2 is 0.635 bits per heavy atom. The molecular formula is C59H40N4. The third kappa shape index (κ3) is 6.36. The second-order valence-electron chi connectivity index (χ2n) is 16.0. The maximum Gasteiger partial charge on any atom is 0.0702 e. The van der Waals surface area contributed by atoms with Crippen molar-refractivity contribution in [2.45, 2.75) is 0 Å². The first-order chi connectivity index (χ1) is 31.2. The van der Waals surface area contributed by atoms with E-state index in [1.807, 2.05) is 18.3 Å². The van der Waals surface area contributed by atoms with Crippen LogP contribution in [0.5, 0.6) is 0 Å². The fourth-order valence-corrected chi connectivity index (χ4v) is 9.39. The van der Waals surface area contributed by atoms with Gasteiger partial charge in [-0.3, -0.25) is 4.98 Å². The number of aromatic nitrogens is 3. The number of hydrogen-bond donors (Lipinski definition) is 0. The molecule has 296 valence electrons. The molecule has 0 saturated heterocycles. The van der Waals surface area contributed by atoms with E-state index in [1.54, 1.807) is 0 Å². The standard InChI is InChI=1S/C59H40N4/c1-5-15-46(16-6-1)61(47-17-7-2-8-18-47)50-30-24-41(25-31-50)42-26-32-56-51(37-42)52-38-43(27-33-57(52)62(56)48-19-9-3-10-20-48)44-28-34-58-53(39-44)54-40-45(55-23-13-14-36-60-55)29-35-59(54)63(58)49-21-11-4-12-22-49/h1-40H. The van der Waals surface area contributed by atoms with Crippen molar-refractivity contribution in [1.82, 2.24) is 14.1 Å². The van der Waals surface area contributed by atoms with E-state index < -0.39 is 0 Å². The van der Waals surface area contributed by atoms with Gasteiger partial charge in [0.25, 0.3) is 0 Å². The average Bonchev–Trinajstić information content (AvgIpc) is 3.87. The molecule has 9 aromatic carbocycles. The van der Waals surface area contributed by atoms with Crippen LogP contribution in [-0.2, 0) is 0 Å². The second-order valence-corrected chi connectivity index (χ2v) is 16.0. The summed E-state index contributed by atoms with van der Waals surface area (Å²) in [4.78, 5) is 7.00. The molecule has 63 heavy (non-hydrogen) atoms. The number of nitrogens with zero attached hydrogens (tertiary/aromatic N) is 4. The summed E-state index contributed by atoms with van der Waals surface area (Å²) in [5, 5.41) is 4.84. The van der Waals surface area contributed by atoms with E-state index in [4.69, 9.17) is 4.98 Å². The monoisotopic (exact) mass is 804 g/mol. The van der Waals surface area contributed by atoms with Crippen molar-refractivity contribution in [1.29, 1.82) is 0 Å². The summed E-state index contributed by atoms with van der Waals surface area (Å²) in [6, 6.07) is 85.1. The molecule has 0 unspecified atom stereocenters. The summed E-state index contributed by atoms with van der Waals surface area (Å²) in [6.45, 7) is 0. The molecule has 0 N–H and O–H groups in total. The quantitative estimate of drug-likeness (QED) is 0.153. The van der Waals surface area contributed by atoms with Crippen LogP contribution >= 0.6 is 0 Å². The Morgan fingerprint density at radius 3 is 1.06 bits per heavy atom. The van der Waals surface area contributed by atoms with Gasteiger partial charge in [-0.25, -0.2) is 0 Å². The third-order valence-corrected chi connectivity index (χ3v) is 12.3. The predicted octanol–water partition coefficient (Wildman–Crippen LogP) is 15.7. The lowest BCUT2D eigenvalue weighted by molar-refractivity contribution is 1.18. The second kappa shape index (κ2) is 15.2. The van der Waals surface area contributed by atoms with Gasteiger partial charge in [-0.1, -0.05) is 115 Å². The number of para-hydroxylation sites is 4. The van der Waals surface area contributed by atoms with Crippen LogP contribution in [0, 0.1) is 0 Å². The van der Waals surface area contributed by atoms with Gasteiger partial charge in [0.15, 0.2) is 0 Å². The fraction of sp³-hybridized carbons (Fsp3) is 0.